The van der Waals surface area contributed by atoms with Crippen molar-refractivity contribution in [3.63, 3.8) is 0 Å². The van der Waals surface area contributed by atoms with Crippen molar-refractivity contribution in [3.05, 3.63) is 31.1 Å². The van der Waals surface area contributed by atoms with Gasteiger partial charge >= 0.3 is 6.01 Å². The van der Waals surface area contributed by atoms with Crippen LogP contribution >= 0.6 is 0 Å². The summed E-state index contributed by atoms with van der Waals surface area (Å²) >= 11 is 0. The average molecular weight is 205 g/mol. The Kier molecular flexibility index (Phi) is 2.97. The van der Waals surface area contributed by atoms with Crippen LogP contribution in [0.5, 0.6) is 6.01 Å². The number of nitrogens with zero attached hydrogens (tertiary/aromatic N) is 2. The molecule has 0 amide bonds. The molecule has 1 aromatic rings. The topological polar surface area (TPSA) is 39.5 Å². The predicted molar refractivity (Wildman–Crippen MR) is 57.2 cm³/mol. The van der Waals surface area contributed by atoms with Gasteiger partial charge in [-0.15, -0.1) is 0 Å². The fraction of sp³-hybridized carbons (Fsp3) is 0.364. The zero-order chi connectivity index (χ0) is 10.7. The minimum Gasteiger partial charge on any atom is -0.467 e. The molecule has 0 spiro atoms. The Balaban J connectivity index is 2.16. The number of aromatic nitrogens is 2. The van der Waals surface area contributed by atoms with Crippen molar-refractivity contribution in [3.8, 4) is 6.01 Å². The lowest BCUT2D eigenvalue weighted by molar-refractivity contribution is -0.848. The monoisotopic (exact) mass is 205 g/mol. The second-order valence-corrected chi connectivity index (χ2v) is 3.64. The van der Waals surface area contributed by atoms with Gasteiger partial charge in [-0.3, -0.25) is 0 Å². The molecule has 0 aliphatic carbocycles. The molecule has 1 atom stereocenters. The number of ether oxygens (including phenoxy) is 1. The first-order chi connectivity index (χ1) is 7.29. The van der Waals surface area contributed by atoms with Crippen LogP contribution in [0.25, 0.3) is 5.57 Å². The molecule has 0 aromatic carbocycles. The van der Waals surface area contributed by atoms with Gasteiger partial charge in [-0.2, -0.15) is 7.05 Å². The number of rotatable bonds is 2. The van der Waals surface area contributed by atoms with Crippen molar-refractivity contribution in [2.75, 3.05) is 20.2 Å². The van der Waals surface area contributed by atoms with Gasteiger partial charge < -0.3 is 9.64 Å². The molecule has 4 nitrogen and oxygen atoms in total. The zero-order valence-corrected chi connectivity index (χ0v) is 8.86. The number of quaternary nitrogens is 1. The molecule has 0 radical (unpaired) electrons. The van der Waals surface area contributed by atoms with Crippen molar-refractivity contribution in [1.82, 2.24) is 9.97 Å². The van der Waals surface area contributed by atoms with Gasteiger partial charge in [0.15, 0.2) is 0 Å². The first-order valence-corrected chi connectivity index (χ1v) is 5.01. The Hall–Kier alpha value is -1.42. The summed E-state index contributed by atoms with van der Waals surface area (Å²) in [6.45, 7) is 2.04. The molecule has 0 saturated heterocycles. The Morgan fingerprint density at radius 1 is 1.40 bits per heavy atom. The van der Waals surface area contributed by atoms with E-state index in [0.29, 0.717) is 6.01 Å². The van der Waals surface area contributed by atoms with Crippen LogP contribution in [0.1, 0.15) is 12.0 Å². The molecule has 1 N–H and O–H groups in total. The van der Waals surface area contributed by atoms with Crippen LogP contribution in [0.3, 0.4) is 0 Å². The van der Waals surface area contributed by atoms with Crippen molar-refractivity contribution in [1.29, 1.82) is 0 Å². The van der Waals surface area contributed by atoms with Crippen LogP contribution in [-0.4, -0.2) is 30.2 Å². The van der Waals surface area contributed by atoms with Gasteiger partial charge in [0.05, 0.1) is 20.2 Å². The molecule has 0 fully saturated rings. The van der Waals surface area contributed by atoms with Crippen LogP contribution in [0.2, 0.25) is 0 Å². The average Bonchev–Trinajstić information content (AvgIpc) is 2.30. The van der Waals surface area contributed by atoms with Crippen molar-refractivity contribution in [2.24, 2.45) is 0 Å². The Labute approximate surface area is 89.6 Å². The summed E-state index contributed by atoms with van der Waals surface area (Å²) in [6, 6.07) is 0.416. The van der Waals surface area contributed by atoms with E-state index < -0.39 is 0 Å². The molecule has 80 valence electrons. The molecule has 0 saturated carbocycles. The maximum absolute atomic E-state index is 4.92. The summed E-state index contributed by atoms with van der Waals surface area (Å²) in [6.07, 6.45) is 6.86. The number of hydrogen-bond acceptors (Lipinski definition) is 3. The summed E-state index contributed by atoms with van der Waals surface area (Å²) in [7, 11) is 5.54. The second-order valence-electron chi connectivity index (χ2n) is 3.64. The van der Waals surface area contributed by atoms with E-state index in [0.717, 1.165) is 25.1 Å². The first kappa shape index (κ1) is 10.1. The highest BCUT2D eigenvalue weighted by Crippen LogP contribution is 2.17. The van der Waals surface area contributed by atoms with Crippen molar-refractivity contribution in [2.45, 2.75) is 6.42 Å². The van der Waals surface area contributed by atoms with Gasteiger partial charge in [-0.1, -0.05) is 0 Å². The quantitative estimate of drug-likeness (QED) is 0.688. The summed E-state index contributed by atoms with van der Waals surface area (Å²) in [5.74, 6) is 0. The highest BCUT2D eigenvalue weighted by molar-refractivity contribution is 5.64. The maximum atomic E-state index is 4.92. The van der Waals surface area contributed by atoms with Gasteiger partial charge in [-0.25, -0.2) is 9.97 Å². The predicted octanol–water partition coefficient (Wildman–Crippen LogP) is -0.0512. The maximum Gasteiger partial charge on any atom is 0.316 e. The number of nitrogens with one attached hydrogen (secondary N) is 1. The lowest BCUT2D eigenvalue weighted by atomic mass is 10.0. The molecule has 0 bridgehead atoms. The fourth-order valence-corrected chi connectivity index (χ4v) is 1.63. The number of hydrogen-bond donors (Lipinski definition) is 1. The third kappa shape index (κ3) is 2.33. The van der Waals surface area contributed by atoms with Gasteiger partial charge in [0, 0.05) is 24.4 Å². The number of methoxy groups -OCH3 is 1. The van der Waals surface area contributed by atoms with E-state index in [1.165, 1.54) is 10.5 Å². The minimum atomic E-state index is 0.416. The molecule has 1 unspecified atom stereocenters. The van der Waals surface area contributed by atoms with Gasteiger partial charge in [0.1, 0.15) is 0 Å². The largest absolute Gasteiger partial charge is 0.467 e. The third-order valence-corrected chi connectivity index (χ3v) is 2.57. The SMILES string of the molecule is [CH2-][NH+]1CC=C(c2cnc(OC)nc2)CC1. The summed E-state index contributed by atoms with van der Waals surface area (Å²) < 4.78 is 4.92. The smallest absolute Gasteiger partial charge is 0.316 e. The normalized spacial score (nSPS) is 20.9. The van der Waals surface area contributed by atoms with E-state index in [2.05, 4.69) is 23.1 Å². The molecule has 2 heterocycles. The molecular weight excluding hydrogens is 190 g/mol. The highest BCUT2D eigenvalue weighted by atomic mass is 16.5. The van der Waals surface area contributed by atoms with E-state index in [1.54, 1.807) is 7.11 Å². The van der Waals surface area contributed by atoms with Crippen molar-refractivity contribution < 1.29 is 9.64 Å². The van der Waals surface area contributed by atoms with Crippen LogP contribution in [0, 0.1) is 7.05 Å². The molecular formula is C11H15N3O. The summed E-state index contributed by atoms with van der Waals surface area (Å²) in [4.78, 5) is 9.49. The van der Waals surface area contributed by atoms with E-state index in [-0.39, 0.29) is 0 Å². The molecule has 4 heteroatoms. The van der Waals surface area contributed by atoms with E-state index in [4.69, 9.17) is 4.74 Å². The van der Waals surface area contributed by atoms with Gasteiger partial charge in [-0.05, 0) is 11.6 Å². The lowest BCUT2D eigenvalue weighted by Gasteiger charge is -2.24. The summed E-state index contributed by atoms with van der Waals surface area (Å²) in [5.41, 5.74) is 2.40. The standard InChI is InChI=1S/C11H15N3O/c1-14-5-3-9(4-6-14)10-7-12-11(15-2)13-8-10/h3,7-8,14H,1,4-6H2,2H3. The lowest BCUT2D eigenvalue weighted by Crippen LogP contribution is -3.07. The highest BCUT2D eigenvalue weighted by Gasteiger charge is 2.10. The van der Waals surface area contributed by atoms with Crippen LogP contribution in [-0.2, 0) is 0 Å². The van der Waals surface area contributed by atoms with Crippen molar-refractivity contribution >= 4 is 5.57 Å². The summed E-state index contributed by atoms with van der Waals surface area (Å²) in [5, 5.41) is 0. The van der Waals surface area contributed by atoms with Gasteiger partial charge in [0.25, 0.3) is 0 Å². The van der Waals surface area contributed by atoms with Gasteiger partial charge in [0.2, 0.25) is 0 Å². The Morgan fingerprint density at radius 2 is 2.13 bits per heavy atom. The second kappa shape index (κ2) is 4.40. The fourth-order valence-electron chi connectivity index (χ4n) is 1.63. The van der Waals surface area contributed by atoms with Crippen LogP contribution < -0.4 is 9.64 Å². The van der Waals surface area contributed by atoms with Crippen LogP contribution in [0.4, 0.5) is 0 Å². The minimum absolute atomic E-state index is 0.416. The molecule has 1 aliphatic rings. The van der Waals surface area contributed by atoms with E-state index in [9.17, 15) is 0 Å². The molecule has 1 aliphatic heterocycles. The zero-order valence-electron chi connectivity index (χ0n) is 8.86. The Bertz CT molecular complexity index is 359. The molecule has 15 heavy (non-hydrogen) atoms. The third-order valence-electron chi connectivity index (χ3n) is 2.57. The van der Waals surface area contributed by atoms with Crippen LogP contribution in [0.15, 0.2) is 18.5 Å². The van der Waals surface area contributed by atoms with E-state index in [1.807, 2.05) is 12.4 Å². The van der Waals surface area contributed by atoms with E-state index >= 15 is 0 Å². The first-order valence-electron chi connectivity index (χ1n) is 5.01. The Morgan fingerprint density at radius 3 is 2.67 bits per heavy atom. The molecule has 2 rings (SSSR count). The molecule has 1 aromatic heterocycles.